The lowest BCUT2D eigenvalue weighted by Crippen LogP contribution is -2.47. The van der Waals surface area contributed by atoms with Crippen LogP contribution in [0.2, 0.25) is 0 Å². The predicted molar refractivity (Wildman–Crippen MR) is 96.3 cm³/mol. The fraction of sp³-hybridized carbons (Fsp3) is 0.211. The molecule has 1 heterocycles. The molecule has 1 atom stereocenters. The largest absolute Gasteiger partial charge is 0.497 e. The van der Waals surface area contributed by atoms with E-state index < -0.39 is 30.0 Å². The minimum absolute atomic E-state index is 0.0437. The van der Waals surface area contributed by atoms with E-state index in [9.17, 15) is 23.2 Å². The van der Waals surface area contributed by atoms with Gasteiger partial charge in [-0.3, -0.25) is 15.0 Å². The van der Waals surface area contributed by atoms with Crippen molar-refractivity contribution in [2.75, 3.05) is 7.11 Å². The van der Waals surface area contributed by atoms with Crippen molar-refractivity contribution in [1.29, 1.82) is 0 Å². The van der Waals surface area contributed by atoms with E-state index in [2.05, 4.69) is 15.5 Å². The molecular weight excluding hydrogens is 388 g/mol. The zero-order valence-electron chi connectivity index (χ0n) is 15.4. The Balaban J connectivity index is 1.76. The molecule has 1 aliphatic heterocycles. The smallest absolute Gasteiger partial charge is 0.387 e. The van der Waals surface area contributed by atoms with Crippen LogP contribution in [-0.2, 0) is 10.3 Å². The number of hydrazine groups is 1. The van der Waals surface area contributed by atoms with Gasteiger partial charge in [0.1, 0.15) is 17.0 Å². The molecule has 0 spiro atoms. The minimum Gasteiger partial charge on any atom is -0.497 e. The highest BCUT2D eigenvalue weighted by Crippen LogP contribution is 2.30. The summed E-state index contributed by atoms with van der Waals surface area (Å²) in [5.74, 6) is -1.09. The number of nitrogens with zero attached hydrogens (tertiary/aromatic N) is 1. The first-order valence-electron chi connectivity index (χ1n) is 8.41. The van der Waals surface area contributed by atoms with Crippen molar-refractivity contribution >= 4 is 17.8 Å². The molecule has 0 aliphatic carbocycles. The standard InChI is InChI=1S/C19H17F2N3O5/c1-19(12-4-3-5-14(10-12)28-2)16(26)24(18(27)22-19)23-15(25)11-6-8-13(9-7-11)29-17(20)21/h3-10,17H,1-2H3,(H,22,27)(H,23,25)/t19-/m0/s1. The number of urea groups is 1. The molecule has 0 radical (unpaired) electrons. The van der Waals surface area contributed by atoms with Crippen LogP contribution < -0.4 is 20.2 Å². The highest BCUT2D eigenvalue weighted by molar-refractivity contribution is 6.09. The molecule has 3 rings (SSSR count). The third kappa shape index (κ3) is 3.96. The molecule has 0 saturated carbocycles. The summed E-state index contributed by atoms with van der Waals surface area (Å²) in [4.78, 5) is 37.6. The Bertz CT molecular complexity index is 951. The Morgan fingerprint density at radius 1 is 1.14 bits per heavy atom. The first-order chi connectivity index (χ1) is 13.7. The van der Waals surface area contributed by atoms with E-state index in [-0.39, 0.29) is 11.3 Å². The Morgan fingerprint density at radius 2 is 1.83 bits per heavy atom. The molecule has 0 aromatic heterocycles. The lowest BCUT2D eigenvalue weighted by molar-refractivity contribution is -0.132. The minimum atomic E-state index is -2.99. The lowest BCUT2D eigenvalue weighted by atomic mass is 9.92. The number of alkyl halides is 2. The number of halogens is 2. The van der Waals surface area contributed by atoms with E-state index in [1.807, 2.05) is 0 Å². The monoisotopic (exact) mass is 405 g/mol. The molecule has 1 fully saturated rings. The van der Waals surface area contributed by atoms with E-state index in [4.69, 9.17) is 4.74 Å². The summed E-state index contributed by atoms with van der Waals surface area (Å²) in [5, 5.41) is 3.12. The maximum atomic E-state index is 12.9. The highest BCUT2D eigenvalue weighted by atomic mass is 19.3. The maximum Gasteiger partial charge on any atom is 0.387 e. The van der Waals surface area contributed by atoms with Crippen LogP contribution >= 0.6 is 0 Å². The number of rotatable bonds is 6. The maximum absolute atomic E-state index is 12.9. The van der Waals surface area contributed by atoms with Gasteiger partial charge in [0.05, 0.1) is 7.11 Å². The molecule has 29 heavy (non-hydrogen) atoms. The van der Waals surface area contributed by atoms with Crippen LogP contribution in [0.1, 0.15) is 22.8 Å². The molecule has 8 nitrogen and oxygen atoms in total. The van der Waals surface area contributed by atoms with Gasteiger partial charge in [-0.25, -0.2) is 4.79 Å². The third-order valence-corrected chi connectivity index (χ3v) is 4.39. The first kappa shape index (κ1) is 20.1. The Hall–Kier alpha value is -3.69. The average Bonchev–Trinajstić information content (AvgIpc) is 2.92. The van der Waals surface area contributed by atoms with Gasteiger partial charge in [-0.1, -0.05) is 12.1 Å². The quantitative estimate of drug-likeness (QED) is 0.720. The van der Waals surface area contributed by atoms with Crippen LogP contribution in [0.25, 0.3) is 0 Å². The van der Waals surface area contributed by atoms with Crippen molar-refractivity contribution in [3.8, 4) is 11.5 Å². The summed E-state index contributed by atoms with van der Waals surface area (Å²) in [7, 11) is 1.47. The molecule has 0 bridgehead atoms. The number of hydrogen-bond donors (Lipinski definition) is 2. The SMILES string of the molecule is COc1cccc([C@]2(C)NC(=O)N(NC(=O)c3ccc(OC(F)F)cc3)C2=O)c1. The zero-order valence-corrected chi connectivity index (χ0v) is 15.4. The number of hydrogen-bond acceptors (Lipinski definition) is 5. The van der Waals surface area contributed by atoms with E-state index in [0.717, 1.165) is 0 Å². The highest BCUT2D eigenvalue weighted by Gasteiger charge is 2.50. The normalized spacial score (nSPS) is 18.6. The number of methoxy groups -OCH3 is 1. The molecule has 1 saturated heterocycles. The molecule has 0 unspecified atom stereocenters. The van der Waals surface area contributed by atoms with Crippen LogP contribution in [0.4, 0.5) is 13.6 Å². The molecule has 10 heteroatoms. The average molecular weight is 405 g/mol. The van der Waals surface area contributed by atoms with E-state index in [0.29, 0.717) is 16.3 Å². The second-order valence-corrected chi connectivity index (χ2v) is 6.27. The van der Waals surface area contributed by atoms with Crippen molar-refractivity contribution in [2.24, 2.45) is 0 Å². The zero-order chi connectivity index (χ0) is 21.2. The fourth-order valence-electron chi connectivity index (χ4n) is 2.82. The fourth-order valence-corrected chi connectivity index (χ4v) is 2.82. The third-order valence-electron chi connectivity index (χ3n) is 4.39. The number of amides is 4. The number of imide groups is 1. The Labute approximate surface area is 164 Å². The summed E-state index contributed by atoms with van der Waals surface area (Å²) < 4.78 is 33.7. The number of carbonyl (C=O) groups is 3. The molecule has 1 aliphatic rings. The Kier molecular flexibility index (Phi) is 5.35. The van der Waals surface area contributed by atoms with Gasteiger partial charge in [-0.15, -0.1) is 0 Å². The van der Waals surface area contributed by atoms with Gasteiger partial charge in [0, 0.05) is 5.56 Å². The van der Waals surface area contributed by atoms with Crippen LogP contribution in [0.15, 0.2) is 48.5 Å². The number of benzene rings is 2. The van der Waals surface area contributed by atoms with Gasteiger partial charge in [0.2, 0.25) is 0 Å². The predicted octanol–water partition coefficient (Wildman–Crippen LogP) is 2.41. The van der Waals surface area contributed by atoms with Crippen LogP contribution in [0, 0.1) is 0 Å². The van der Waals surface area contributed by atoms with Crippen molar-refractivity contribution in [1.82, 2.24) is 15.8 Å². The van der Waals surface area contributed by atoms with E-state index >= 15 is 0 Å². The van der Waals surface area contributed by atoms with Gasteiger partial charge in [0.15, 0.2) is 0 Å². The van der Waals surface area contributed by atoms with Crippen molar-refractivity contribution < 1.29 is 32.6 Å². The van der Waals surface area contributed by atoms with Crippen LogP contribution in [-0.4, -0.2) is 36.6 Å². The second kappa shape index (κ2) is 7.74. The first-order valence-corrected chi connectivity index (χ1v) is 8.41. The van der Waals surface area contributed by atoms with E-state index in [1.54, 1.807) is 24.3 Å². The van der Waals surface area contributed by atoms with Crippen LogP contribution in [0.3, 0.4) is 0 Å². The van der Waals surface area contributed by atoms with Crippen molar-refractivity contribution in [3.63, 3.8) is 0 Å². The van der Waals surface area contributed by atoms with Crippen molar-refractivity contribution in [3.05, 3.63) is 59.7 Å². The summed E-state index contributed by atoms with van der Waals surface area (Å²) >= 11 is 0. The topological polar surface area (TPSA) is 97.0 Å². The van der Waals surface area contributed by atoms with Gasteiger partial charge in [-0.05, 0) is 48.9 Å². The molecule has 152 valence electrons. The van der Waals surface area contributed by atoms with Gasteiger partial charge >= 0.3 is 12.6 Å². The summed E-state index contributed by atoms with van der Waals surface area (Å²) in [6, 6.07) is 10.6. The summed E-state index contributed by atoms with van der Waals surface area (Å²) in [6.45, 7) is -1.49. The lowest BCUT2D eigenvalue weighted by Gasteiger charge is -2.22. The molecule has 2 N–H and O–H groups in total. The second-order valence-electron chi connectivity index (χ2n) is 6.27. The number of nitrogens with one attached hydrogen (secondary N) is 2. The van der Waals surface area contributed by atoms with E-state index in [1.165, 1.54) is 38.3 Å². The molecule has 4 amide bonds. The molecule has 2 aromatic carbocycles. The summed E-state index contributed by atoms with van der Waals surface area (Å²) in [5.41, 5.74) is 1.33. The van der Waals surface area contributed by atoms with Gasteiger partial charge in [-0.2, -0.15) is 13.8 Å². The van der Waals surface area contributed by atoms with Gasteiger partial charge < -0.3 is 14.8 Å². The van der Waals surface area contributed by atoms with Crippen molar-refractivity contribution in [2.45, 2.75) is 19.1 Å². The van der Waals surface area contributed by atoms with Gasteiger partial charge in [0.25, 0.3) is 11.8 Å². The Morgan fingerprint density at radius 3 is 2.45 bits per heavy atom. The molecule has 2 aromatic rings. The number of ether oxygens (including phenoxy) is 2. The number of carbonyl (C=O) groups excluding carboxylic acids is 3. The van der Waals surface area contributed by atoms with Crippen LogP contribution in [0.5, 0.6) is 11.5 Å². The molecular formula is C19H17F2N3O5. The summed E-state index contributed by atoms with van der Waals surface area (Å²) in [6.07, 6.45) is 0.